The number of methoxy groups -OCH3 is 3. The fourth-order valence-corrected chi connectivity index (χ4v) is 5.61. The van der Waals surface area contributed by atoms with Crippen LogP contribution in [0.25, 0.3) is 0 Å². The molecule has 8 nitrogen and oxygen atoms in total. The van der Waals surface area contributed by atoms with Crippen molar-refractivity contribution >= 4 is 27.5 Å². The van der Waals surface area contributed by atoms with Crippen LogP contribution in [-0.2, 0) is 19.6 Å². The molecule has 0 radical (unpaired) electrons. The van der Waals surface area contributed by atoms with Gasteiger partial charge in [-0.05, 0) is 48.9 Å². The van der Waals surface area contributed by atoms with E-state index in [2.05, 4.69) is 5.32 Å². The summed E-state index contributed by atoms with van der Waals surface area (Å²) in [6, 6.07) is 11.3. The van der Waals surface area contributed by atoms with Gasteiger partial charge in [0, 0.05) is 49.9 Å². The standard InChI is InChI=1S/C23H29ClN2O6S/c1-30-12-4-11-25-23(27)21-15-26(33(28,29)18-8-5-16(24)6-9-18)14-20(21)19-13-17(31-2)7-10-22(19)32-3/h5-10,13,20-21H,4,11-12,14-15H2,1-3H3,(H,25,27)/t20-,21+/m1/s1. The minimum Gasteiger partial charge on any atom is -0.497 e. The van der Waals surface area contributed by atoms with Crippen molar-refractivity contribution in [3.05, 3.63) is 53.1 Å². The lowest BCUT2D eigenvalue weighted by Gasteiger charge is -2.21. The Hall–Kier alpha value is -2.33. The van der Waals surface area contributed by atoms with Gasteiger partial charge in [0.25, 0.3) is 0 Å². The summed E-state index contributed by atoms with van der Waals surface area (Å²) in [6.07, 6.45) is 0.662. The van der Waals surface area contributed by atoms with E-state index < -0.39 is 21.9 Å². The summed E-state index contributed by atoms with van der Waals surface area (Å²) in [5.41, 5.74) is 0.725. The van der Waals surface area contributed by atoms with Crippen molar-refractivity contribution in [2.24, 2.45) is 5.92 Å². The summed E-state index contributed by atoms with van der Waals surface area (Å²) in [7, 11) is 0.873. The van der Waals surface area contributed by atoms with E-state index in [0.29, 0.717) is 36.1 Å². The Bertz CT molecular complexity index is 1060. The Morgan fingerprint density at radius 1 is 1.09 bits per heavy atom. The monoisotopic (exact) mass is 496 g/mol. The van der Waals surface area contributed by atoms with Gasteiger partial charge < -0.3 is 19.5 Å². The molecule has 0 unspecified atom stereocenters. The SMILES string of the molecule is COCCCNC(=O)[C@H]1CN(S(=O)(=O)c2ccc(Cl)cc2)C[C@@H]1c1cc(OC)ccc1OC. The number of hydrogen-bond donors (Lipinski definition) is 1. The van der Waals surface area contributed by atoms with Crippen LogP contribution in [0.1, 0.15) is 17.9 Å². The van der Waals surface area contributed by atoms with Gasteiger partial charge in [0.1, 0.15) is 11.5 Å². The summed E-state index contributed by atoms with van der Waals surface area (Å²) in [5, 5.41) is 3.36. The Morgan fingerprint density at radius 2 is 1.82 bits per heavy atom. The second kappa shape index (κ2) is 11.2. The van der Waals surface area contributed by atoms with E-state index >= 15 is 0 Å². The summed E-state index contributed by atoms with van der Waals surface area (Å²) in [6.45, 7) is 1.14. The van der Waals surface area contributed by atoms with Crippen molar-refractivity contribution in [2.75, 3.05) is 47.6 Å². The lowest BCUT2D eigenvalue weighted by Crippen LogP contribution is -2.36. The first-order chi connectivity index (χ1) is 15.8. The average Bonchev–Trinajstić information content (AvgIpc) is 3.28. The molecule has 0 aliphatic carbocycles. The van der Waals surface area contributed by atoms with Crippen molar-refractivity contribution in [1.29, 1.82) is 0 Å². The molecule has 33 heavy (non-hydrogen) atoms. The molecule has 1 saturated heterocycles. The molecule has 1 N–H and O–H groups in total. The fourth-order valence-electron chi connectivity index (χ4n) is 3.99. The minimum atomic E-state index is -3.82. The van der Waals surface area contributed by atoms with Gasteiger partial charge in [0.2, 0.25) is 15.9 Å². The van der Waals surface area contributed by atoms with Gasteiger partial charge in [-0.3, -0.25) is 4.79 Å². The number of rotatable bonds is 10. The maximum atomic E-state index is 13.3. The van der Waals surface area contributed by atoms with Crippen LogP contribution >= 0.6 is 11.6 Å². The third kappa shape index (κ3) is 5.78. The molecule has 10 heteroatoms. The second-order valence-electron chi connectivity index (χ2n) is 7.73. The fraction of sp³-hybridized carbons (Fsp3) is 0.435. The largest absolute Gasteiger partial charge is 0.497 e. The molecule has 0 saturated carbocycles. The molecule has 0 aromatic heterocycles. The number of ether oxygens (including phenoxy) is 3. The molecule has 2 aromatic carbocycles. The topological polar surface area (TPSA) is 94.2 Å². The van der Waals surface area contributed by atoms with Gasteiger partial charge >= 0.3 is 0 Å². The van der Waals surface area contributed by atoms with E-state index in [0.717, 1.165) is 5.56 Å². The zero-order chi connectivity index (χ0) is 24.0. The number of nitrogens with one attached hydrogen (secondary N) is 1. The highest BCUT2D eigenvalue weighted by atomic mass is 35.5. The molecule has 1 amide bonds. The molecule has 180 valence electrons. The van der Waals surface area contributed by atoms with E-state index in [9.17, 15) is 13.2 Å². The molecule has 2 atom stereocenters. The average molecular weight is 497 g/mol. The maximum absolute atomic E-state index is 13.3. The summed E-state index contributed by atoms with van der Waals surface area (Å²) in [4.78, 5) is 13.3. The van der Waals surface area contributed by atoms with Crippen molar-refractivity contribution in [3.8, 4) is 11.5 Å². The Labute approximate surface area is 199 Å². The lowest BCUT2D eigenvalue weighted by molar-refractivity contribution is -0.124. The molecule has 3 rings (SSSR count). The first-order valence-corrected chi connectivity index (χ1v) is 12.4. The Balaban J connectivity index is 1.95. The zero-order valence-electron chi connectivity index (χ0n) is 18.9. The number of carbonyl (C=O) groups excluding carboxylic acids is 1. The van der Waals surface area contributed by atoms with E-state index in [4.69, 9.17) is 25.8 Å². The van der Waals surface area contributed by atoms with Crippen LogP contribution in [0.4, 0.5) is 0 Å². The normalized spacial score (nSPS) is 18.8. The number of sulfonamides is 1. The molecule has 1 aliphatic rings. The number of halogens is 1. The summed E-state index contributed by atoms with van der Waals surface area (Å²) < 4.78 is 44.0. The van der Waals surface area contributed by atoms with Gasteiger partial charge in [-0.2, -0.15) is 4.31 Å². The number of amides is 1. The molecule has 0 bridgehead atoms. The third-order valence-electron chi connectivity index (χ3n) is 5.74. The third-order valence-corrected chi connectivity index (χ3v) is 7.83. The number of benzene rings is 2. The molecular weight excluding hydrogens is 468 g/mol. The molecule has 1 aliphatic heterocycles. The number of carbonyl (C=O) groups is 1. The molecule has 1 heterocycles. The summed E-state index contributed by atoms with van der Waals surface area (Å²) in [5.74, 6) is -0.0576. The minimum absolute atomic E-state index is 0.0477. The number of nitrogens with zero attached hydrogens (tertiary/aromatic N) is 1. The van der Waals surface area contributed by atoms with Gasteiger partial charge in [-0.15, -0.1) is 0 Å². The molecular formula is C23H29ClN2O6S. The van der Waals surface area contributed by atoms with Crippen molar-refractivity contribution < 1.29 is 27.4 Å². The molecule has 0 spiro atoms. The first kappa shape index (κ1) is 25.3. The van der Waals surface area contributed by atoms with Crippen molar-refractivity contribution in [1.82, 2.24) is 9.62 Å². The van der Waals surface area contributed by atoms with Crippen LogP contribution in [0, 0.1) is 5.92 Å². The van der Waals surface area contributed by atoms with Crippen LogP contribution in [0.15, 0.2) is 47.4 Å². The predicted molar refractivity (Wildman–Crippen MR) is 125 cm³/mol. The van der Waals surface area contributed by atoms with Gasteiger partial charge in [-0.25, -0.2) is 8.42 Å². The van der Waals surface area contributed by atoms with E-state index in [1.165, 1.54) is 28.6 Å². The van der Waals surface area contributed by atoms with Crippen LogP contribution in [-0.4, -0.2) is 66.2 Å². The van der Waals surface area contributed by atoms with E-state index in [1.54, 1.807) is 39.5 Å². The number of hydrogen-bond acceptors (Lipinski definition) is 6. The smallest absolute Gasteiger partial charge is 0.243 e. The Kier molecular flexibility index (Phi) is 8.58. The van der Waals surface area contributed by atoms with Crippen molar-refractivity contribution in [3.63, 3.8) is 0 Å². The van der Waals surface area contributed by atoms with Crippen LogP contribution in [0.5, 0.6) is 11.5 Å². The second-order valence-corrected chi connectivity index (χ2v) is 10.1. The highest BCUT2D eigenvalue weighted by Gasteiger charge is 2.44. The quantitative estimate of drug-likeness (QED) is 0.508. The Morgan fingerprint density at radius 3 is 2.45 bits per heavy atom. The lowest BCUT2D eigenvalue weighted by atomic mass is 9.87. The van der Waals surface area contributed by atoms with Crippen LogP contribution in [0.2, 0.25) is 5.02 Å². The molecule has 1 fully saturated rings. The van der Waals surface area contributed by atoms with E-state index in [1.807, 2.05) is 0 Å². The predicted octanol–water partition coefficient (Wildman–Crippen LogP) is 2.91. The van der Waals surface area contributed by atoms with Crippen LogP contribution in [0.3, 0.4) is 0 Å². The van der Waals surface area contributed by atoms with Gasteiger partial charge in [0.05, 0.1) is 25.0 Å². The van der Waals surface area contributed by atoms with Crippen molar-refractivity contribution in [2.45, 2.75) is 17.2 Å². The maximum Gasteiger partial charge on any atom is 0.243 e. The highest BCUT2D eigenvalue weighted by molar-refractivity contribution is 7.89. The highest BCUT2D eigenvalue weighted by Crippen LogP contribution is 2.41. The van der Waals surface area contributed by atoms with Gasteiger partial charge in [-0.1, -0.05) is 11.6 Å². The van der Waals surface area contributed by atoms with Gasteiger partial charge in [0.15, 0.2) is 0 Å². The van der Waals surface area contributed by atoms with E-state index in [-0.39, 0.29) is 23.9 Å². The summed E-state index contributed by atoms with van der Waals surface area (Å²) >= 11 is 5.93. The van der Waals surface area contributed by atoms with Crippen LogP contribution < -0.4 is 14.8 Å². The molecule has 2 aromatic rings. The first-order valence-electron chi connectivity index (χ1n) is 10.6. The zero-order valence-corrected chi connectivity index (χ0v) is 20.5.